The molecule has 2 aliphatic rings. The normalized spacial score (nSPS) is 23.1. The highest BCUT2D eigenvalue weighted by Gasteiger charge is 2.34. The molecule has 0 saturated carbocycles. The molecule has 2 atom stereocenters. The first-order chi connectivity index (χ1) is 14.2. The van der Waals surface area contributed by atoms with Gasteiger partial charge in [-0.3, -0.25) is 4.79 Å². The van der Waals surface area contributed by atoms with Crippen LogP contribution in [0.25, 0.3) is 0 Å². The molecule has 166 valence electrons. The molecule has 2 aliphatic heterocycles. The zero-order valence-electron chi connectivity index (χ0n) is 17.3. The zero-order valence-corrected chi connectivity index (χ0v) is 18.8. The molecule has 0 aliphatic carbocycles. The third kappa shape index (κ3) is 4.90. The maximum absolute atomic E-state index is 13.1. The average molecular weight is 458 g/mol. The van der Waals surface area contributed by atoms with E-state index >= 15 is 0 Å². The average Bonchev–Trinajstić information content (AvgIpc) is 2.75. The number of sulfonamides is 1. The van der Waals surface area contributed by atoms with Gasteiger partial charge in [-0.2, -0.15) is 4.31 Å². The van der Waals surface area contributed by atoms with Crippen molar-refractivity contribution in [3.05, 3.63) is 28.8 Å². The van der Waals surface area contributed by atoms with E-state index < -0.39 is 16.1 Å². The highest BCUT2D eigenvalue weighted by Crippen LogP contribution is 2.27. The summed E-state index contributed by atoms with van der Waals surface area (Å²) in [6, 6.07) is 4.58. The van der Waals surface area contributed by atoms with Crippen molar-refractivity contribution in [3.63, 3.8) is 0 Å². The number of carbonyl (C=O) groups excluding carboxylic acids is 2. The Labute approximate surface area is 182 Å². The molecule has 30 heavy (non-hydrogen) atoms. The van der Waals surface area contributed by atoms with Crippen molar-refractivity contribution in [2.75, 3.05) is 33.3 Å². The lowest BCUT2D eigenvalue weighted by Crippen LogP contribution is -2.52. The van der Waals surface area contributed by atoms with Gasteiger partial charge in [0, 0.05) is 37.2 Å². The van der Waals surface area contributed by atoms with Crippen molar-refractivity contribution in [2.24, 2.45) is 5.92 Å². The van der Waals surface area contributed by atoms with E-state index in [2.05, 4.69) is 5.32 Å². The first-order valence-electron chi connectivity index (χ1n) is 10.1. The van der Waals surface area contributed by atoms with Crippen LogP contribution in [0, 0.1) is 12.8 Å². The number of carbonyl (C=O) groups is 2. The minimum absolute atomic E-state index is 0.146. The lowest BCUT2D eigenvalue weighted by Gasteiger charge is -2.35. The summed E-state index contributed by atoms with van der Waals surface area (Å²) in [6.45, 7) is 3.20. The molecule has 2 heterocycles. The Balaban J connectivity index is 1.65. The number of nitrogens with one attached hydrogen (secondary N) is 1. The second-order valence-electron chi connectivity index (χ2n) is 7.83. The minimum atomic E-state index is -3.70. The van der Waals surface area contributed by atoms with Gasteiger partial charge in [-0.05, 0) is 50.3 Å². The van der Waals surface area contributed by atoms with E-state index in [4.69, 9.17) is 16.3 Å². The fraction of sp³-hybridized carbons (Fsp3) is 0.600. The molecule has 1 aromatic rings. The van der Waals surface area contributed by atoms with Crippen molar-refractivity contribution in [1.82, 2.24) is 14.5 Å². The number of rotatable bonds is 4. The van der Waals surface area contributed by atoms with Gasteiger partial charge in [0.05, 0.1) is 17.9 Å². The fourth-order valence-electron chi connectivity index (χ4n) is 4.09. The van der Waals surface area contributed by atoms with Gasteiger partial charge in [0.1, 0.15) is 0 Å². The Bertz CT molecular complexity index is 908. The third-order valence-corrected chi connectivity index (χ3v) is 8.21. The fourth-order valence-corrected chi connectivity index (χ4v) is 6.09. The van der Waals surface area contributed by atoms with Crippen LogP contribution in [0.2, 0.25) is 5.02 Å². The number of hydrogen-bond donors (Lipinski definition) is 1. The molecule has 1 N–H and O–H groups in total. The van der Waals surface area contributed by atoms with Gasteiger partial charge in [-0.1, -0.05) is 17.7 Å². The SMILES string of the molecule is COC(=O)N1CCC[C@H](C(=O)N[C@H]2CCCN(S(=O)(=O)c3cccc(Cl)c3C)C2)C1. The maximum Gasteiger partial charge on any atom is 0.409 e. The predicted molar refractivity (Wildman–Crippen MR) is 113 cm³/mol. The van der Waals surface area contributed by atoms with Gasteiger partial charge in [-0.25, -0.2) is 13.2 Å². The Kier molecular flexibility index (Phi) is 7.26. The highest BCUT2D eigenvalue weighted by molar-refractivity contribution is 7.89. The smallest absolute Gasteiger partial charge is 0.409 e. The molecular formula is C20H28ClN3O5S. The summed E-state index contributed by atoms with van der Waals surface area (Å²) in [5.74, 6) is -0.466. The quantitative estimate of drug-likeness (QED) is 0.748. The minimum Gasteiger partial charge on any atom is -0.453 e. The van der Waals surface area contributed by atoms with Crippen LogP contribution in [-0.2, 0) is 19.6 Å². The molecule has 0 aromatic heterocycles. The second kappa shape index (κ2) is 9.53. The molecule has 2 fully saturated rings. The molecular weight excluding hydrogens is 430 g/mol. The van der Waals surface area contributed by atoms with Crippen molar-refractivity contribution < 1.29 is 22.7 Å². The lowest BCUT2D eigenvalue weighted by atomic mass is 9.96. The van der Waals surface area contributed by atoms with E-state index in [9.17, 15) is 18.0 Å². The van der Waals surface area contributed by atoms with Gasteiger partial charge < -0.3 is 15.0 Å². The number of halogens is 1. The number of amides is 2. The van der Waals surface area contributed by atoms with Crippen LogP contribution in [0.15, 0.2) is 23.1 Å². The maximum atomic E-state index is 13.1. The number of piperidine rings is 2. The number of likely N-dealkylation sites (tertiary alicyclic amines) is 1. The van der Waals surface area contributed by atoms with Gasteiger partial charge in [0.2, 0.25) is 15.9 Å². The van der Waals surface area contributed by atoms with Crippen molar-refractivity contribution in [3.8, 4) is 0 Å². The summed E-state index contributed by atoms with van der Waals surface area (Å²) < 4.78 is 32.5. The summed E-state index contributed by atoms with van der Waals surface area (Å²) in [5, 5.41) is 3.40. The topological polar surface area (TPSA) is 96.0 Å². The van der Waals surface area contributed by atoms with E-state index in [1.54, 1.807) is 25.1 Å². The molecule has 10 heteroatoms. The molecule has 0 unspecified atom stereocenters. The number of hydrogen-bond acceptors (Lipinski definition) is 5. The first kappa shape index (κ1) is 22.8. The number of benzene rings is 1. The molecule has 2 amide bonds. The van der Waals surface area contributed by atoms with E-state index in [0.717, 1.165) is 6.42 Å². The Morgan fingerprint density at radius 3 is 2.63 bits per heavy atom. The molecule has 8 nitrogen and oxygen atoms in total. The summed E-state index contributed by atoms with van der Waals surface area (Å²) >= 11 is 6.11. The van der Waals surface area contributed by atoms with Crippen molar-refractivity contribution in [1.29, 1.82) is 0 Å². The molecule has 3 rings (SSSR count). The van der Waals surface area contributed by atoms with Gasteiger partial charge >= 0.3 is 6.09 Å². The van der Waals surface area contributed by atoms with Crippen LogP contribution in [0.1, 0.15) is 31.2 Å². The Hall–Kier alpha value is -1.84. The molecule has 2 saturated heterocycles. The van der Waals surface area contributed by atoms with Crippen LogP contribution in [0.3, 0.4) is 0 Å². The number of nitrogens with zero attached hydrogens (tertiary/aromatic N) is 2. The highest BCUT2D eigenvalue weighted by atomic mass is 35.5. The van der Waals surface area contributed by atoms with Gasteiger partial charge in [-0.15, -0.1) is 0 Å². The van der Waals surface area contributed by atoms with Crippen LogP contribution in [-0.4, -0.2) is 69.0 Å². The number of ether oxygens (including phenoxy) is 1. The molecule has 1 aromatic carbocycles. The summed E-state index contributed by atoms with van der Waals surface area (Å²) in [4.78, 5) is 26.3. The standard InChI is InChI=1S/C20H28ClN3O5S/c1-14-17(21)8-3-9-18(14)30(27,28)24-11-5-7-16(13-24)22-19(25)15-6-4-10-23(12-15)20(26)29-2/h3,8-9,15-16H,4-7,10-13H2,1-2H3,(H,22,25)/t15-,16-/m0/s1. The third-order valence-electron chi connectivity index (χ3n) is 5.79. The molecule has 0 spiro atoms. The largest absolute Gasteiger partial charge is 0.453 e. The first-order valence-corrected chi connectivity index (χ1v) is 11.9. The van der Waals surface area contributed by atoms with Crippen LogP contribution in [0.5, 0.6) is 0 Å². The second-order valence-corrected chi connectivity index (χ2v) is 10.1. The molecule has 0 bridgehead atoms. The lowest BCUT2D eigenvalue weighted by molar-refractivity contribution is -0.127. The van der Waals surface area contributed by atoms with Crippen molar-refractivity contribution in [2.45, 2.75) is 43.5 Å². The van der Waals surface area contributed by atoms with E-state index in [-0.39, 0.29) is 29.3 Å². The van der Waals surface area contributed by atoms with Crippen LogP contribution >= 0.6 is 11.6 Å². The van der Waals surface area contributed by atoms with Gasteiger partial charge in [0.25, 0.3) is 0 Å². The van der Waals surface area contributed by atoms with E-state index in [1.165, 1.54) is 16.3 Å². The summed E-state index contributed by atoms with van der Waals surface area (Å²) in [6.07, 6.45) is 2.35. The monoisotopic (exact) mass is 457 g/mol. The summed E-state index contributed by atoms with van der Waals surface area (Å²) in [7, 11) is -2.38. The summed E-state index contributed by atoms with van der Waals surface area (Å²) in [5.41, 5.74) is 0.524. The predicted octanol–water partition coefficient (Wildman–Crippen LogP) is 2.40. The number of methoxy groups -OCH3 is 1. The van der Waals surface area contributed by atoms with Gasteiger partial charge in [0.15, 0.2) is 0 Å². The van der Waals surface area contributed by atoms with Crippen LogP contribution < -0.4 is 5.32 Å². The van der Waals surface area contributed by atoms with E-state index in [1.807, 2.05) is 0 Å². The van der Waals surface area contributed by atoms with E-state index in [0.29, 0.717) is 49.5 Å². The Morgan fingerprint density at radius 2 is 1.90 bits per heavy atom. The Morgan fingerprint density at radius 1 is 1.17 bits per heavy atom. The van der Waals surface area contributed by atoms with Crippen molar-refractivity contribution >= 4 is 33.6 Å². The van der Waals surface area contributed by atoms with Crippen LogP contribution in [0.4, 0.5) is 4.79 Å². The molecule has 0 radical (unpaired) electrons. The zero-order chi connectivity index (χ0) is 21.9.